The summed E-state index contributed by atoms with van der Waals surface area (Å²) in [5.41, 5.74) is 3.97. The van der Waals surface area contributed by atoms with Gasteiger partial charge in [0.25, 0.3) is 5.88 Å². The fourth-order valence-corrected chi connectivity index (χ4v) is 1.20. The molecule has 1 amide bonds. The van der Waals surface area contributed by atoms with E-state index in [1.807, 2.05) is 0 Å². The number of amides is 1. The topological polar surface area (TPSA) is 133 Å². The van der Waals surface area contributed by atoms with E-state index in [2.05, 4.69) is 15.3 Å². The van der Waals surface area contributed by atoms with Gasteiger partial charge in [0, 0.05) is 6.54 Å². The fraction of sp³-hybridized carbons (Fsp3) is 0.500. The van der Waals surface area contributed by atoms with Crippen LogP contribution in [0.1, 0.15) is 13.8 Å². The Labute approximate surface area is 109 Å². The first-order chi connectivity index (χ1) is 8.79. The molecule has 0 saturated heterocycles. The van der Waals surface area contributed by atoms with Crippen molar-refractivity contribution < 1.29 is 14.5 Å². The maximum Gasteiger partial charge on any atom is 0.372 e. The standard InChI is InChI=1S/C10H15N5O4/c1-10(2,9(11)16)4-12-7-6(15(17)18)8(19-3)14-5-13-7/h5H,4H2,1-3H3,(H2,11,16)(H,12,13,14). The molecule has 104 valence electrons. The second-order valence-corrected chi connectivity index (χ2v) is 4.44. The first-order valence-corrected chi connectivity index (χ1v) is 5.36. The molecule has 0 unspecified atom stereocenters. The number of nitrogens with one attached hydrogen (secondary N) is 1. The van der Waals surface area contributed by atoms with E-state index in [-0.39, 0.29) is 23.9 Å². The molecule has 1 aromatic heterocycles. The van der Waals surface area contributed by atoms with E-state index in [4.69, 9.17) is 10.5 Å². The van der Waals surface area contributed by atoms with Gasteiger partial charge in [-0.25, -0.2) is 4.98 Å². The molecule has 1 heterocycles. The number of nitrogens with zero attached hydrogens (tertiary/aromatic N) is 3. The highest BCUT2D eigenvalue weighted by atomic mass is 16.6. The van der Waals surface area contributed by atoms with Crippen LogP contribution in [-0.4, -0.2) is 34.5 Å². The zero-order valence-corrected chi connectivity index (χ0v) is 10.8. The van der Waals surface area contributed by atoms with Gasteiger partial charge in [0.15, 0.2) is 0 Å². The Kier molecular flexibility index (Phi) is 4.20. The highest BCUT2D eigenvalue weighted by molar-refractivity contribution is 5.80. The van der Waals surface area contributed by atoms with Gasteiger partial charge in [0.2, 0.25) is 11.7 Å². The first kappa shape index (κ1) is 14.6. The Morgan fingerprint density at radius 2 is 2.21 bits per heavy atom. The molecule has 9 nitrogen and oxygen atoms in total. The second-order valence-electron chi connectivity index (χ2n) is 4.44. The Morgan fingerprint density at radius 3 is 2.68 bits per heavy atom. The van der Waals surface area contributed by atoms with Crippen molar-refractivity contribution in [1.82, 2.24) is 9.97 Å². The molecular weight excluding hydrogens is 254 g/mol. The van der Waals surface area contributed by atoms with Crippen molar-refractivity contribution in [3.05, 3.63) is 16.4 Å². The molecule has 0 aromatic carbocycles. The third-order valence-electron chi connectivity index (χ3n) is 2.53. The van der Waals surface area contributed by atoms with Gasteiger partial charge >= 0.3 is 5.69 Å². The third kappa shape index (κ3) is 3.27. The van der Waals surface area contributed by atoms with Crippen molar-refractivity contribution in [3.63, 3.8) is 0 Å². The molecule has 0 bridgehead atoms. The van der Waals surface area contributed by atoms with E-state index in [0.29, 0.717) is 0 Å². The number of carbonyl (C=O) groups excluding carboxylic acids is 1. The highest BCUT2D eigenvalue weighted by Crippen LogP contribution is 2.31. The number of methoxy groups -OCH3 is 1. The van der Waals surface area contributed by atoms with Crippen LogP contribution in [0.15, 0.2) is 6.33 Å². The summed E-state index contributed by atoms with van der Waals surface area (Å²) in [5.74, 6) is -0.700. The molecular formula is C10H15N5O4. The lowest BCUT2D eigenvalue weighted by Gasteiger charge is -2.20. The quantitative estimate of drug-likeness (QED) is 0.561. The van der Waals surface area contributed by atoms with Crippen molar-refractivity contribution in [2.24, 2.45) is 11.1 Å². The number of hydrogen-bond acceptors (Lipinski definition) is 7. The van der Waals surface area contributed by atoms with Crippen molar-refractivity contribution in [2.45, 2.75) is 13.8 Å². The molecule has 0 atom stereocenters. The van der Waals surface area contributed by atoms with Crippen LogP contribution in [0.4, 0.5) is 11.5 Å². The summed E-state index contributed by atoms with van der Waals surface area (Å²) in [6, 6.07) is 0. The van der Waals surface area contributed by atoms with Gasteiger partial charge in [-0.2, -0.15) is 4.98 Å². The van der Waals surface area contributed by atoms with Crippen LogP contribution in [0.25, 0.3) is 0 Å². The molecule has 9 heteroatoms. The number of hydrogen-bond donors (Lipinski definition) is 2. The monoisotopic (exact) mass is 269 g/mol. The Hall–Kier alpha value is -2.45. The maximum atomic E-state index is 11.2. The number of nitro groups is 1. The van der Waals surface area contributed by atoms with E-state index < -0.39 is 16.2 Å². The lowest BCUT2D eigenvalue weighted by Crippen LogP contribution is -2.37. The van der Waals surface area contributed by atoms with Gasteiger partial charge < -0.3 is 15.8 Å². The minimum Gasteiger partial charge on any atom is -0.476 e. The van der Waals surface area contributed by atoms with Gasteiger partial charge in [-0.3, -0.25) is 14.9 Å². The normalized spacial score (nSPS) is 10.9. The molecule has 0 fully saturated rings. The molecule has 0 spiro atoms. The minimum absolute atomic E-state index is 0.0221. The molecule has 0 radical (unpaired) electrons. The highest BCUT2D eigenvalue weighted by Gasteiger charge is 2.28. The molecule has 0 aliphatic rings. The van der Waals surface area contributed by atoms with Crippen molar-refractivity contribution in [3.8, 4) is 5.88 Å². The van der Waals surface area contributed by atoms with Crippen LogP contribution in [-0.2, 0) is 4.79 Å². The fourth-order valence-electron chi connectivity index (χ4n) is 1.20. The average Bonchev–Trinajstić information content (AvgIpc) is 2.35. The van der Waals surface area contributed by atoms with Crippen molar-refractivity contribution in [2.75, 3.05) is 19.0 Å². The van der Waals surface area contributed by atoms with Crippen LogP contribution in [0.3, 0.4) is 0 Å². The van der Waals surface area contributed by atoms with E-state index in [1.54, 1.807) is 13.8 Å². The molecule has 0 aliphatic heterocycles. The van der Waals surface area contributed by atoms with Gasteiger partial charge in [0.1, 0.15) is 6.33 Å². The molecule has 1 rings (SSSR count). The van der Waals surface area contributed by atoms with Gasteiger partial charge in [0.05, 0.1) is 17.4 Å². The number of primary amides is 1. The van der Waals surface area contributed by atoms with E-state index in [0.717, 1.165) is 6.33 Å². The summed E-state index contributed by atoms with van der Waals surface area (Å²) >= 11 is 0. The van der Waals surface area contributed by atoms with Gasteiger partial charge in [-0.15, -0.1) is 0 Å². The average molecular weight is 269 g/mol. The van der Waals surface area contributed by atoms with Crippen LogP contribution in [0.2, 0.25) is 0 Å². The number of anilines is 1. The molecule has 19 heavy (non-hydrogen) atoms. The summed E-state index contributed by atoms with van der Waals surface area (Å²) in [7, 11) is 1.27. The molecule has 3 N–H and O–H groups in total. The lowest BCUT2D eigenvalue weighted by molar-refractivity contribution is -0.385. The predicted molar refractivity (Wildman–Crippen MR) is 66.7 cm³/mol. The van der Waals surface area contributed by atoms with Gasteiger partial charge in [-0.1, -0.05) is 0 Å². The zero-order chi connectivity index (χ0) is 14.6. The summed E-state index contributed by atoms with van der Waals surface area (Å²) in [6.07, 6.45) is 1.13. The van der Waals surface area contributed by atoms with Gasteiger partial charge in [-0.05, 0) is 13.8 Å². The summed E-state index contributed by atoms with van der Waals surface area (Å²) in [5, 5.41) is 13.7. The number of nitrogens with two attached hydrogens (primary N) is 1. The number of ether oxygens (including phenoxy) is 1. The SMILES string of the molecule is COc1ncnc(NCC(C)(C)C(N)=O)c1[N+](=O)[O-]. The second kappa shape index (κ2) is 5.46. The van der Waals surface area contributed by atoms with E-state index in [1.165, 1.54) is 7.11 Å². The largest absolute Gasteiger partial charge is 0.476 e. The van der Waals surface area contributed by atoms with E-state index in [9.17, 15) is 14.9 Å². The van der Waals surface area contributed by atoms with E-state index >= 15 is 0 Å². The summed E-state index contributed by atoms with van der Waals surface area (Å²) < 4.78 is 4.80. The van der Waals surface area contributed by atoms with Crippen LogP contribution < -0.4 is 15.8 Å². The smallest absolute Gasteiger partial charge is 0.372 e. The first-order valence-electron chi connectivity index (χ1n) is 5.36. The lowest BCUT2D eigenvalue weighted by atomic mass is 9.93. The number of rotatable bonds is 6. The number of carbonyl (C=O) groups is 1. The molecule has 0 aliphatic carbocycles. The molecule has 0 saturated carbocycles. The summed E-state index contributed by atoms with van der Waals surface area (Å²) in [6.45, 7) is 3.34. The van der Waals surface area contributed by atoms with Crippen LogP contribution in [0.5, 0.6) is 5.88 Å². The summed E-state index contributed by atoms with van der Waals surface area (Å²) in [4.78, 5) is 28.9. The minimum atomic E-state index is -0.869. The van der Waals surface area contributed by atoms with Crippen LogP contribution >= 0.6 is 0 Å². The maximum absolute atomic E-state index is 11.2. The molecule has 1 aromatic rings. The van der Waals surface area contributed by atoms with Crippen molar-refractivity contribution in [1.29, 1.82) is 0 Å². The van der Waals surface area contributed by atoms with Crippen LogP contribution in [0, 0.1) is 15.5 Å². The number of aromatic nitrogens is 2. The predicted octanol–water partition coefficient (Wildman–Crippen LogP) is 0.317. The third-order valence-corrected chi connectivity index (χ3v) is 2.53. The Balaban J connectivity index is 3.02. The Bertz CT molecular complexity index is 503. The van der Waals surface area contributed by atoms with Crippen molar-refractivity contribution >= 4 is 17.4 Å². The zero-order valence-electron chi connectivity index (χ0n) is 10.8. The Morgan fingerprint density at radius 1 is 1.58 bits per heavy atom.